The van der Waals surface area contributed by atoms with Crippen molar-refractivity contribution >= 4 is 8.25 Å². The first-order chi connectivity index (χ1) is 5.36. The van der Waals surface area contributed by atoms with E-state index in [1.54, 1.807) is 0 Å². The van der Waals surface area contributed by atoms with E-state index in [2.05, 4.69) is 0 Å². The van der Waals surface area contributed by atoms with E-state index in [1.807, 2.05) is 7.11 Å². The molecular formula is C8H13ClHgO. The van der Waals surface area contributed by atoms with E-state index < -0.39 is 23.3 Å². The van der Waals surface area contributed by atoms with Gasteiger partial charge < -0.3 is 0 Å². The SMILES string of the molecule is COC1C2CCC(C2)[CH]1[Hg][Cl]. The molecule has 4 unspecified atom stereocenters. The molecule has 2 fully saturated rings. The predicted octanol–water partition coefficient (Wildman–Crippen LogP) is 2.46. The number of hydrogen-bond acceptors (Lipinski definition) is 1. The molecule has 0 heterocycles. The van der Waals surface area contributed by atoms with Crippen LogP contribution in [0.1, 0.15) is 19.3 Å². The molecule has 2 aliphatic rings. The second-order valence-corrected chi connectivity index (χ2v) is 11.4. The van der Waals surface area contributed by atoms with Gasteiger partial charge in [-0.2, -0.15) is 0 Å². The monoisotopic (exact) mass is 362 g/mol. The van der Waals surface area contributed by atoms with Crippen molar-refractivity contribution < 1.29 is 28.1 Å². The Bertz CT molecular complexity index is 137. The maximum atomic E-state index is 6.12. The maximum absolute atomic E-state index is 6.12. The molecule has 0 radical (unpaired) electrons. The number of methoxy groups -OCH3 is 1. The van der Waals surface area contributed by atoms with E-state index in [4.69, 9.17) is 13.0 Å². The van der Waals surface area contributed by atoms with Crippen molar-refractivity contribution in [3.63, 3.8) is 0 Å². The topological polar surface area (TPSA) is 9.23 Å². The fourth-order valence-corrected chi connectivity index (χ4v) is 12.3. The summed E-state index contributed by atoms with van der Waals surface area (Å²) < 4.78 is 6.40. The van der Waals surface area contributed by atoms with Crippen LogP contribution in [0.4, 0.5) is 0 Å². The second kappa shape index (κ2) is 3.51. The van der Waals surface area contributed by atoms with Crippen LogP contribution in [0.5, 0.6) is 0 Å². The van der Waals surface area contributed by atoms with Crippen LogP contribution in [0.2, 0.25) is 3.43 Å². The average molecular weight is 361 g/mol. The van der Waals surface area contributed by atoms with Gasteiger partial charge in [-0.1, -0.05) is 0 Å². The summed E-state index contributed by atoms with van der Waals surface area (Å²) in [7, 11) is 7.98. The molecule has 2 bridgehead atoms. The Labute approximate surface area is 83.7 Å². The van der Waals surface area contributed by atoms with Gasteiger partial charge in [-0.15, -0.1) is 0 Å². The summed E-state index contributed by atoms with van der Waals surface area (Å²) in [6.07, 6.45) is 4.86. The van der Waals surface area contributed by atoms with E-state index in [0.29, 0.717) is 6.10 Å². The van der Waals surface area contributed by atoms with Crippen molar-refractivity contribution in [1.82, 2.24) is 0 Å². The summed E-state index contributed by atoms with van der Waals surface area (Å²) in [5, 5.41) is 0. The first kappa shape index (κ1) is 8.77. The molecule has 0 aromatic heterocycles. The summed E-state index contributed by atoms with van der Waals surface area (Å²) in [6, 6.07) is 0. The van der Waals surface area contributed by atoms with Crippen LogP contribution in [0, 0.1) is 11.8 Å². The zero-order chi connectivity index (χ0) is 7.84. The molecular weight excluding hydrogens is 348 g/mol. The second-order valence-electron chi connectivity index (χ2n) is 3.85. The third kappa shape index (κ3) is 1.38. The molecule has 0 saturated heterocycles. The van der Waals surface area contributed by atoms with Crippen LogP contribution in [-0.2, 0) is 28.1 Å². The molecule has 0 N–H and O–H groups in total. The Balaban J connectivity index is 2.08. The van der Waals surface area contributed by atoms with Gasteiger partial charge in [0.25, 0.3) is 0 Å². The van der Waals surface area contributed by atoms with Crippen LogP contribution in [0.3, 0.4) is 0 Å². The van der Waals surface area contributed by atoms with E-state index in [-0.39, 0.29) is 0 Å². The molecule has 2 saturated carbocycles. The molecule has 3 heteroatoms. The summed E-state index contributed by atoms with van der Waals surface area (Å²) in [5.74, 6) is 1.86. The first-order valence-corrected chi connectivity index (χ1v) is 14.4. The van der Waals surface area contributed by atoms with Gasteiger partial charge in [0.1, 0.15) is 0 Å². The standard InChI is InChI=1S/C8H13O.ClH.Hg/c1-9-8-5-6-2-3-7(8)4-6;;/h5-8H,2-4H2,1H3;1H;/q;;+1/p-1. The Kier molecular flexibility index (Phi) is 2.80. The number of fused-ring (bicyclic) bond motifs is 2. The normalized spacial score (nSPS) is 47.8. The number of halogens is 1. The molecule has 0 aromatic carbocycles. The minimum atomic E-state index is -1.03. The number of rotatable bonds is 2. The summed E-state index contributed by atoms with van der Waals surface area (Å²) >= 11 is -1.03. The zero-order valence-electron chi connectivity index (χ0n) is 6.92. The van der Waals surface area contributed by atoms with E-state index in [9.17, 15) is 0 Å². The third-order valence-corrected chi connectivity index (χ3v) is 12.4. The predicted molar refractivity (Wildman–Crippen MR) is 41.2 cm³/mol. The Morgan fingerprint density at radius 3 is 2.64 bits per heavy atom. The quantitative estimate of drug-likeness (QED) is 0.687. The van der Waals surface area contributed by atoms with Crippen molar-refractivity contribution in [2.75, 3.05) is 7.11 Å². The molecule has 2 rings (SSSR count). The van der Waals surface area contributed by atoms with Crippen molar-refractivity contribution in [2.24, 2.45) is 11.8 Å². The summed E-state index contributed by atoms with van der Waals surface area (Å²) in [4.78, 5) is 0. The van der Waals surface area contributed by atoms with Crippen LogP contribution < -0.4 is 0 Å². The van der Waals surface area contributed by atoms with Gasteiger partial charge in [-0.25, -0.2) is 0 Å². The van der Waals surface area contributed by atoms with Crippen LogP contribution >= 0.6 is 8.25 Å². The molecule has 60 valence electrons. The van der Waals surface area contributed by atoms with Gasteiger partial charge in [0.15, 0.2) is 0 Å². The van der Waals surface area contributed by atoms with Crippen LogP contribution in [-0.4, -0.2) is 13.2 Å². The number of hydrogen-bond donors (Lipinski definition) is 0. The van der Waals surface area contributed by atoms with Gasteiger partial charge in [0, 0.05) is 0 Å². The Hall–Kier alpha value is 1.19. The molecule has 2 aliphatic carbocycles. The van der Waals surface area contributed by atoms with Gasteiger partial charge in [-0.3, -0.25) is 0 Å². The molecule has 4 atom stereocenters. The summed E-state index contributed by atoms with van der Waals surface area (Å²) in [6.45, 7) is 0. The van der Waals surface area contributed by atoms with Crippen molar-refractivity contribution in [3.8, 4) is 0 Å². The van der Waals surface area contributed by atoms with Gasteiger partial charge in [0.2, 0.25) is 0 Å². The average Bonchev–Trinajstić information content (AvgIpc) is 2.60. The number of ether oxygens (including phenoxy) is 1. The van der Waals surface area contributed by atoms with Crippen LogP contribution in [0.15, 0.2) is 0 Å². The van der Waals surface area contributed by atoms with E-state index in [0.717, 1.165) is 15.3 Å². The third-order valence-electron chi connectivity index (χ3n) is 3.46. The van der Waals surface area contributed by atoms with Crippen molar-refractivity contribution in [2.45, 2.75) is 28.8 Å². The zero-order valence-corrected chi connectivity index (χ0v) is 13.2. The van der Waals surface area contributed by atoms with Crippen molar-refractivity contribution in [3.05, 3.63) is 0 Å². The molecule has 0 aliphatic heterocycles. The fraction of sp³-hybridized carbons (Fsp3) is 1.00. The summed E-state index contributed by atoms with van der Waals surface area (Å²) in [5.41, 5.74) is 0. The van der Waals surface area contributed by atoms with E-state index >= 15 is 0 Å². The molecule has 0 spiro atoms. The molecule has 11 heavy (non-hydrogen) atoms. The van der Waals surface area contributed by atoms with Gasteiger partial charge in [0.05, 0.1) is 0 Å². The Morgan fingerprint density at radius 2 is 2.09 bits per heavy atom. The first-order valence-electron chi connectivity index (χ1n) is 4.45. The fourth-order valence-electron chi connectivity index (χ4n) is 2.94. The van der Waals surface area contributed by atoms with Crippen molar-refractivity contribution in [1.29, 1.82) is 0 Å². The molecule has 0 aromatic rings. The molecule has 1 nitrogen and oxygen atoms in total. The van der Waals surface area contributed by atoms with Gasteiger partial charge >= 0.3 is 84.1 Å². The molecule has 0 amide bonds. The van der Waals surface area contributed by atoms with Crippen LogP contribution in [0.25, 0.3) is 0 Å². The van der Waals surface area contributed by atoms with E-state index in [1.165, 1.54) is 19.3 Å². The minimum absolute atomic E-state index is 0.577. The van der Waals surface area contributed by atoms with Gasteiger partial charge in [-0.05, 0) is 0 Å². The Morgan fingerprint density at radius 1 is 1.36 bits per heavy atom.